The highest BCUT2D eigenvalue weighted by Crippen LogP contribution is 2.27. The number of hydrogen-bond donors (Lipinski definition) is 0. The SMILES string of the molecule is CCOC(=O)C1CCCN1c1ncnc(CC)c1F. The van der Waals surface area contributed by atoms with Crippen molar-refractivity contribution in [1.29, 1.82) is 0 Å². The fourth-order valence-corrected chi connectivity index (χ4v) is 2.35. The van der Waals surface area contributed by atoms with Crippen LogP contribution in [0.1, 0.15) is 32.4 Å². The molecule has 6 heteroatoms. The number of nitrogens with zero attached hydrogens (tertiary/aromatic N) is 3. The smallest absolute Gasteiger partial charge is 0.328 e. The minimum Gasteiger partial charge on any atom is -0.464 e. The summed E-state index contributed by atoms with van der Waals surface area (Å²) < 4.78 is 19.3. The lowest BCUT2D eigenvalue weighted by atomic mass is 10.2. The van der Waals surface area contributed by atoms with E-state index in [1.165, 1.54) is 6.33 Å². The highest BCUT2D eigenvalue weighted by molar-refractivity contribution is 5.80. The molecule has 0 bridgehead atoms. The first-order chi connectivity index (χ1) is 9.19. The molecule has 2 heterocycles. The monoisotopic (exact) mass is 267 g/mol. The van der Waals surface area contributed by atoms with E-state index in [-0.39, 0.29) is 11.8 Å². The highest BCUT2D eigenvalue weighted by Gasteiger charge is 2.34. The first-order valence-corrected chi connectivity index (χ1v) is 6.61. The second-order valence-electron chi connectivity index (χ2n) is 4.41. The number of anilines is 1. The maximum absolute atomic E-state index is 14.2. The molecule has 0 radical (unpaired) electrons. The zero-order valence-corrected chi connectivity index (χ0v) is 11.2. The van der Waals surface area contributed by atoms with Crippen LogP contribution in [0.25, 0.3) is 0 Å². The Bertz CT molecular complexity index is 467. The molecule has 0 aliphatic carbocycles. The molecule has 19 heavy (non-hydrogen) atoms. The number of halogens is 1. The van der Waals surface area contributed by atoms with Crippen molar-refractivity contribution in [2.45, 2.75) is 39.2 Å². The van der Waals surface area contributed by atoms with Gasteiger partial charge in [-0.15, -0.1) is 0 Å². The van der Waals surface area contributed by atoms with Crippen LogP contribution in [-0.4, -0.2) is 35.1 Å². The lowest BCUT2D eigenvalue weighted by Gasteiger charge is -2.24. The third kappa shape index (κ3) is 2.67. The Kier molecular flexibility index (Phi) is 4.29. The molecule has 1 fully saturated rings. The van der Waals surface area contributed by atoms with Gasteiger partial charge in [0, 0.05) is 6.54 Å². The van der Waals surface area contributed by atoms with Gasteiger partial charge in [0.2, 0.25) is 0 Å². The summed E-state index contributed by atoms with van der Waals surface area (Å²) in [5, 5.41) is 0. The van der Waals surface area contributed by atoms with Crippen LogP contribution in [0.15, 0.2) is 6.33 Å². The molecule has 2 rings (SSSR count). The molecular weight excluding hydrogens is 249 g/mol. The van der Waals surface area contributed by atoms with Crippen molar-refractivity contribution in [2.24, 2.45) is 0 Å². The average Bonchev–Trinajstić information content (AvgIpc) is 2.88. The lowest BCUT2D eigenvalue weighted by molar-refractivity contribution is -0.144. The Morgan fingerprint density at radius 2 is 2.32 bits per heavy atom. The zero-order valence-electron chi connectivity index (χ0n) is 11.2. The standard InChI is InChI=1S/C13H18FN3O2/c1-3-9-11(14)12(16-8-15-9)17-7-5-6-10(17)13(18)19-4-2/h8,10H,3-7H2,1-2H3. The van der Waals surface area contributed by atoms with E-state index in [0.717, 1.165) is 6.42 Å². The summed E-state index contributed by atoms with van der Waals surface area (Å²) in [5.41, 5.74) is 0.375. The van der Waals surface area contributed by atoms with E-state index in [2.05, 4.69) is 9.97 Å². The maximum atomic E-state index is 14.2. The van der Waals surface area contributed by atoms with Gasteiger partial charge in [-0.3, -0.25) is 0 Å². The van der Waals surface area contributed by atoms with E-state index in [1.807, 2.05) is 6.92 Å². The fraction of sp³-hybridized carbons (Fsp3) is 0.615. The normalized spacial score (nSPS) is 18.7. The number of carbonyl (C=O) groups is 1. The summed E-state index contributed by atoms with van der Waals surface area (Å²) >= 11 is 0. The van der Waals surface area contributed by atoms with Crippen LogP contribution in [0.5, 0.6) is 0 Å². The molecule has 1 saturated heterocycles. The Morgan fingerprint density at radius 3 is 3.00 bits per heavy atom. The second kappa shape index (κ2) is 5.95. The summed E-state index contributed by atoms with van der Waals surface area (Å²) in [6, 6.07) is -0.436. The molecule has 5 nitrogen and oxygen atoms in total. The molecule has 0 N–H and O–H groups in total. The molecule has 1 atom stereocenters. The number of aryl methyl sites for hydroxylation is 1. The van der Waals surface area contributed by atoms with Gasteiger partial charge >= 0.3 is 5.97 Å². The number of carbonyl (C=O) groups excluding carboxylic acids is 1. The molecular formula is C13H18FN3O2. The van der Waals surface area contributed by atoms with Gasteiger partial charge in [-0.2, -0.15) is 0 Å². The molecule has 0 amide bonds. The maximum Gasteiger partial charge on any atom is 0.328 e. The van der Waals surface area contributed by atoms with E-state index in [4.69, 9.17) is 4.74 Å². The van der Waals surface area contributed by atoms with Crippen molar-refractivity contribution in [3.63, 3.8) is 0 Å². The van der Waals surface area contributed by atoms with Crippen LogP contribution in [0.4, 0.5) is 10.2 Å². The first kappa shape index (κ1) is 13.7. The van der Waals surface area contributed by atoms with Gasteiger partial charge in [0.25, 0.3) is 0 Å². The third-order valence-electron chi connectivity index (χ3n) is 3.26. The number of hydrogen-bond acceptors (Lipinski definition) is 5. The molecule has 1 aliphatic heterocycles. The minimum atomic E-state index is -0.436. The molecule has 0 saturated carbocycles. The Morgan fingerprint density at radius 1 is 1.53 bits per heavy atom. The molecule has 0 aromatic carbocycles. The van der Waals surface area contributed by atoms with Crippen LogP contribution in [-0.2, 0) is 16.0 Å². The van der Waals surface area contributed by atoms with Crippen LogP contribution in [0, 0.1) is 5.82 Å². The molecule has 104 valence electrons. The average molecular weight is 267 g/mol. The van der Waals surface area contributed by atoms with Crippen molar-refractivity contribution in [3.05, 3.63) is 17.8 Å². The van der Waals surface area contributed by atoms with Gasteiger partial charge in [0.15, 0.2) is 11.6 Å². The molecule has 1 aromatic heterocycles. The summed E-state index contributed by atoms with van der Waals surface area (Å²) in [6.45, 7) is 4.54. The largest absolute Gasteiger partial charge is 0.464 e. The third-order valence-corrected chi connectivity index (χ3v) is 3.26. The van der Waals surface area contributed by atoms with Crippen molar-refractivity contribution in [3.8, 4) is 0 Å². The summed E-state index contributed by atoms with van der Waals surface area (Å²) in [7, 11) is 0. The number of rotatable bonds is 4. The van der Waals surface area contributed by atoms with Gasteiger partial charge in [0.1, 0.15) is 12.4 Å². The molecule has 1 aliphatic rings. The van der Waals surface area contributed by atoms with E-state index in [9.17, 15) is 9.18 Å². The van der Waals surface area contributed by atoms with Crippen LogP contribution in [0.3, 0.4) is 0 Å². The van der Waals surface area contributed by atoms with Crippen molar-refractivity contribution >= 4 is 11.8 Å². The topological polar surface area (TPSA) is 55.3 Å². The van der Waals surface area contributed by atoms with E-state index in [1.54, 1.807) is 11.8 Å². The molecule has 1 aromatic rings. The second-order valence-corrected chi connectivity index (χ2v) is 4.41. The Balaban J connectivity index is 2.27. The van der Waals surface area contributed by atoms with Gasteiger partial charge < -0.3 is 9.64 Å². The lowest BCUT2D eigenvalue weighted by Crippen LogP contribution is -2.38. The van der Waals surface area contributed by atoms with E-state index in [0.29, 0.717) is 31.7 Å². The Labute approximate surface area is 111 Å². The molecule has 1 unspecified atom stereocenters. The number of esters is 1. The molecule has 0 spiro atoms. The van der Waals surface area contributed by atoms with Crippen LogP contribution >= 0.6 is 0 Å². The summed E-state index contributed by atoms with van der Waals surface area (Å²) in [5.74, 6) is -0.528. The van der Waals surface area contributed by atoms with E-state index >= 15 is 0 Å². The van der Waals surface area contributed by atoms with Crippen molar-refractivity contribution in [1.82, 2.24) is 9.97 Å². The van der Waals surface area contributed by atoms with Crippen LogP contribution in [0.2, 0.25) is 0 Å². The van der Waals surface area contributed by atoms with Gasteiger partial charge in [0.05, 0.1) is 12.3 Å². The number of aromatic nitrogens is 2. The Hall–Kier alpha value is -1.72. The zero-order chi connectivity index (χ0) is 13.8. The van der Waals surface area contributed by atoms with Crippen LogP contribution < -0.4 is 4.90 Å². The fourth-order valence-electron chi connectivity index (χ4n) is 2.35. The van der Waals surface area contributed by atoms with Gasteiger partial charge in [-0.1, -0.05) is 6.92 Å². The van der Waals surface area contributed by atoms with Gasteiger partial charge in [-0.05, 0) is 26.2 Å². The predicted molar refractivity (Wildman–Crippen MR) is 68.4 cm³/mol. The summed E-state index contributed by atoms with van der Waals surface area (Å²) in [4.78, 5) is 21.5. The number of ether oxygens (including phenoxy) is 1. The van der Waals surface area contributed by atoms with E-state index < -0.39 is 11.9 Å². The predicted octanol–water partition coefficient (Wildman–Crippen LogP) is 1.71. The minimum absolute atomic E-state index is 0.211. The quantitative estimate of drug-likeness (QED) is 0.777. The summed E-state index contributed by atoms with van der Waals surface area (Å²) in [6.07, 6.45) is 3.34. The van der Waals surface area contributed by atoms with Crippen molar-refractivity contribution in [2.75, 3.05) is 18.1 Å². The highest BCUT2D eigenvalue weighted by atomic mass is 19.1. The van der Waals surface area contributed by atoms with Gasteiger partial charge in [-0.25, -0.2) is 19.2 Å². The first-order valence-electron chi connectivity index (χ1n) is 6.61. The van der Waals surface area contributed by atoms with Crippen molar-refractivity contribution < 1.29 is 13.9 Å².